The minimum absolute atomic E-state index is 0.0399. The molecule has 0 aromatic rings. The summed E-state index contributed by atoms with van der Waals surface area (Å²) in [6.07, 6.45) is 0. The highest BCUT2D eigenvalue weighted by Crippen LogP contribution is 2.37. The second-order valence-electron chi connectivity index (χ2n) is 4.90. The third kappa shape index (κ3) is 1.49. The van der Waals surface area contributed by atoms with Crippen molar-refractivity contribution < 1.29 is 4.74 Å². The van der Waals surface area contributed by atoms with Gasteiger partial charge in [0, 0.05) is 18.0 Å². The average molecular weight is 172 g/mol. The monoisotopic (exact) mass is 172 g/mol. The molecule has 0 radical (unpaired) electrons. The molecule has 0 amide bonds. The maximum atomic E-state index is 6.14. The van der Waals surface area contributed by atoms with Crippen LogP contribution in [0, 0.1) is 10.8 Å². The highest BCUT2D eigenvalue weighted by Gasteiger charge is 2.47. The Morgan fingerprint density at radius 1 is 1.42 bits per heavy atom. The lowest BCUT2D eigenvalue weighted by atomic mass is 9.68. The zero-order chi connectivity index (χ0) is 9.41. The molecule has 1 rings (SSSR count). The molecule has 0 aliphatic carbocycles. The van der Waals surface area contributed by atoms with Crippen LogP contribution in [0.1, 0.15) is 20.8 Å². The van der Waals surface area contributed by atoms with Crippen LogP contribution in [0.5, 0.6) is 0 Å². The number of rotatable bonds is 2. The van der Waals surface area contributed by atoms with E-state index in [2.05, 4.69) is 20.8 Å². The van der Waals surface area contributed by atoms with Gasteiger partial charge in [-0.2, -0.15) is 0 Å². The molecule has 1 atom stereocenters. The largest absolute Gasteiger partial charge is 0.380 e. The van der Waals surface area contributed by atoms with Crippen LogP contribution in [0.25, 0.3) is 0 Å². The van der Waals surface area contributed by atoms with Crippen LogP contribution < -0.4 is 11.5 Å². The smallest absolute Gasteiger partial charge is 0.0572 e. The first kappa shape index (κ1) is 9.96. The second-order valence-corrected chi connectivity index (χ2v) is 4.90. The normalized spacial score (nSPS) is 24.8. The molecule has 12 heavy (non-hydrogen) atoms. The molecular weight excluding hydrogens is 152 g/mol. The molecule has 1 unspecified atom stereocenters. The maximum Gasteiger partial charge on any atom is 0.0572 e. The molecule has 1 heterocycles. The summed E-state index contributed by atoms with van der Waals surface area (Å²) in [5.41, 5.74) is 12.0. The van der Waals surface area contributed by atoms with E-state index in [0.717, 1.165) is 13.2 Å². The highest BCUT2D eigenvalue weighted by atomic mass is 16.5. The van der Waals surface area contributed by atoms with Crippen molar-refractivity contribution in [1.29, 1.82) is 0 Å². The van der Waals surface area contributed by atoms with E-state index in [1.165, 1.54) is 0 Å². The fraction of sp³-hybridized carbons (Fsp3) is 1.00. The van der Waals surface area contributed by atoms with Gasteiger partial charge in [-0.15, -0.1) is 0 Å². The van der Waals surface area contributed by atoms with Crippen molar-refractivity contribution in [2.24, 2.45) is 22.3 Å². The molecule has 0 bridgehead atoms. The molecule has 1 fully saturated rings. The van der Waals surface area contributed by atoms with Crippen LogP contribution in [-0.2, 0) is 4.74 Å². The van der Waals surface area contributed by atoms with Crippen molar-refractivity contribution in [3.05, 3.63) is 0 Å². The van der Waals surface area contributed by atoms with Crippen LogP contribution in [0.15, 0.2) is 0 Å². The Hall–Kier alpha value is -0.120. The molecular formula is C9H20N2O. The molecule has 72 valence electrons. The molecule has 0 aromatic heterocycles. The lowest BCUT2D eigenvalue weighted by molar-refractivity contribution is -0.136. The highest BCUT2D eigenvalue weighted by molar-refractivity contribution is 5.00. The van der Waals surface area contributed by atoms with Crippen LogP contribution >= 0.6 is 0 Å². The first-order valence-corrected chi connectivity index (χ1v) is 4.46. The average Bonchev–Trinajstić information content (AvgIpc) is 1.84. The molecule has 3 heteroatoms. The Balaban J connectivity index is 2.67. The van der Waals surface area contributed by atoms with E-state index in [4.69, 9.17) is 16.2 Å². The summed E-state index contributed by atoms with van der Waals surface area (Å²) < 4.78 is 5.19. The van der Waals surface area contributed by atoms with Gasteiger partial charge in [-0.1, -0.05) is 20.8 Å². The summed E-state index contributed by atoms with van der Waals surface area (Å²) in [5.74, 6) is 0. The predicted molar refractivity (Wildman–Crippen MR) is 49.7 cm³/mol. The summed E-state index contributed by atoms with van der Waals surface area (Å²) in [6.45, 7) is 8.52. The third-order valence-electron chi connectivity index (χ3n) is 2.78. The van der Waals surface area contributed by atoms with Crippen molar-refractivity contribution >= 4 is 0 Å². The van der Waals surface area contributed by atoms with Crippen LogP contribution in [0.2, 0.25) is 0 Å². The first-order chi connectivity index (χ1) is 5.42. The number of hydrogen-bond donors (Lipinski definition) is 2. The van der Waals surface area contributed by atoms with Gasteiger partial charge in [0.25, 0.3) is 0 Å². The van der Waals surface area contributed by atoms with Crippen LogP contribution in [0.4, 0.5) is 0 Å². The second kappa shape index (κ2) is 2.98. The third-order valence-corrected chi connectivity index (χ3v) is 2.78. The van der Waals surface area contributed by atoms with E-state index in [1.807, 2.05) is 0 Å². The Morgan fingerprint density at radius 2 is 1.92 bits per heavy atom. The Bertz CT molecular complexity index is 153. The van der Waals surface area contributed by atoms with Gasteiger partial charge in [0.2, 0.25) is 0 Å². The minimum Gasteiger partial charge on any atom is -0.380 e. The first-order valence-electron chi connectivity index (χ1n) is 4.46. The van der Waals surface area contributed by atoms with Crippen molar-refractivity contribution in [1.82, 2.24) is 0 Å². The molecule has 4 N–H and O–H groups in total. The van der Waals surface area contributed by atoms with Crippen LogP contribution in [-0.4, -0.2) is 25.8 Å². The zero-order valence-electron chi connectivity index (χ0n) is 8.26. The summed E-state index contributed by atoms with van der Waals surface area (Å²) in [4.78, 5) is 0. The van der Waals surface area contributed by atoms with Crippen molar-refractivity contribution in [3.8, 4) is 0 Å². The van der Waals surface area contributed by atoms with E-state index in [1.54, 1.807) is 0 Å². The van der Waals surface area contributed by atoms with Gasteiger partial charge in [0.15, 0.2) is 0 Å². The fourth-order valence-corrected chi connectivity index (χ4v) is 1.71. The Morgan fingerprint density at radius 3 is 2.00 bits per heavy atom. The van der Waals surface area contributed by atoms with Crippen molar-refractivity contribution in [2.45, 2.75) is 26.8 Å². The van der Waals surface area contributed by atoms with Gasteiger partial charge < -0.3 is 16.2 Å². The van der Waals surface area contributed by atoms with Gasteiger partial charge in [-0.3, -0.25) is 0 Å². The van der Waals surface area contributed by atoms with E-state index in [-0.39, 0.29) is 16.9 Å². The zero-order valence-corrected chi connectivity index (χ0v) is 8.26. The SMILES string of the molecule is CC(C)(C)C(N)C1(CN)COC1. The molecule has 1 aliphatic heterocycles. The van der Waals surface area contributed by atoms with Gasteiger partial charge in [0.1, 0.15) is 0 Å². The molecule has 0 aromatic carbocycles. The molecule has 0 saturated carbocycles. The van der Waals surface area contributed by atoms with Gasteiger partial charge in [-0.05, 0) is 5.41 Å². The van der Waals surface area contributed by atoms with E-state index < -0.39 is 0 Å². The molecule has 3 nitrogen and oxygen atoms in total. The van der Waals surface area contributed by atoms with Gasteiger partial charge in [-0.25, -0.2) is 0 Å². The van der Waals surface area contributed by atoms with E-state index >= 15 is 0 Å². The summed E-state index contributed by atoms with van der Waals surface area (Å²) in [5, 5.41) is 0. The van der Waals surface area contributed by atoms with Crippen LogP contribution in [0.3, 0.4) is 0 Å². The Kier molecular flexibility index (Phi) is 2.47. The summed E-state index contributed by atoms with van der Waals surface area (Å²) >= 11 is 0. The lowest BCUT2D eigenvalue weighted by Gasteiger charge is -2.49. The van der Waals surface area contributed by atoms with Crippen molar-refractivity contribution in [2.75, 3.05) is 19.8 Å². The van der Waals surface area contributed by atoms with E-state index in [9.17, 15) is 0 Å². The topological polar surface area (TPSA) is 61.3 Å². The van der Waals surface area contributed by atoms with Gasteiger partial charge >= 0.3 is 0 Å². The van der Waals surface area contributed by atoms with Gasteiger partial charge in [0.05, 0.1) is 13.2 Å². The standard InChI is InChI=1S/C9H20N2O/c1-8(2,3)7(11)9(4-10)5-12-6-9/h7H,4-6,10-11H2,1-3H3. The number of hydrogen-bond acceptors (Lipinski definition) is 3. The molecule has 1 aliphatic rings. The molecule has 0 spiro atoms. The number of nitrogens with two attached hydrogens (primary N) is 2. The Labute approximate surface area is 74.4 Å². The minimum atomic E-state index is 0.0399. The fourth-order valence-electron chi connectivity index (χ4n) is 1.71. The number of ether oxygens (including phenoxy) is 1. The molecule has 1 saturated heterocycles. The maximum absolute atomic E-state index is 6.14. The summed E-state index contributed by atoms with van der Waals surface area (Å²) in [6, 6.07) is 0.128. The lowest BCUT2D eigenvalue weighted by Crippen LogP contribution is -2.63. The van der Waals surface area contributed by atoms with Crippen molar-refractivity contribution in [3.63, 3.8) is 0 Å². The summed E-state index contributed by atoms with van der Waals surface area (Å²) in [7, 11) is 0. The quantitative estimate of drug-likeness (QED) is 0.631. The van der Waals surface area contributed by atoms with E-state index in [0.29, 0.717) is 6.54 Å². The predicted octanol–water partition coefficient (Wildman–Crippen LogP) is 0.335.